The second kappa shape index (κ2) is 6.05. The summed E-state index contributed by atoms with van der Waals surface area (Å²) in [6, 6.07) is 3.70. The summed E-state index contributed by atoms with van der Waals surface area (Å²) in [5.74, 6) is -0.535. The van der Waals surface area contributed by atoms with E-state index in [1.807, 2.05) is 48.4 Å². The van der Waals surface area contributed by atoms with Crippen LogP contribution < -0.4 is 0 Å². The lowest BCUT2D eigenvalue weighted by atomic mass is 10.1. The minimum atomic E-state index is -0.373. The normalized spacial score (nSPS) is 10.6. The molecule has 0 N–H and O–H groups in total. The molecular formula is C15H17NO3S. The molecule has 0 aromatic carbocycles. The van der Waals surface area contributed by atoms with E-state index in [0.29, 0.717) is 5.56 Å². The van der Waals surface area contributed by atoms with Gasteiger partial charge in [0.1, 0.15) is 0 Å². The number of nitrogens with zero attached hydrogens (tertiary/aromatic N) is 1. The molecule has 2 rings (SSSR count). The Morgan fingerprint density at radius 1 is 1.35 bits per heavy atom. The fourth-order valence-electron chi connectivity index (χ4n) is 1.97. The van der Waals surface area contributed by atoms with Crippen molar-refractivity contribution in [3.63, 3.8) is 0 Å². The topological polar surface area (TPSA) is 48.3 Å². The molecule has 0 saturated heterocycles. The van der Waals surface area contributed by atoms with Crippen molar-refractivity contribution in [3.8, 4) is 0 Å². The van der Waals surface area contributed by atoms with Gasteiger partial charge in [-0.1, -0.05) is 0 Å². The van der Waals surface area contributed by atoms with Crippen LogP contribution in [0.2, 0.25) is 0 Å². The first-order chi connectivity index (χ1) is 9.49. The highest BCUT2D eigenvalue weighted by molar-refractivity contribution is 7.07. The third-order valence-corrected chi connectivity index (χ3v) is 4.10. The second-order valence-electron chi connectivity index (χ2n) is 4.74. The Morgan fingerprint density at radius 2 is 2.10 bits per heavy atom. The van der Waals surface area contributed by atoms with Gasteiger partial charge in [0.2, 0.25) is 5.78 Å². The molecule has 4 nitrogen and oxygen atoms in total. The van der Waals surface area contributed by atoms with Gasteiger partial charge >= 0.3 is 5.97 Å². The molecule has 2 aromatic heterocycles. The molecule has 0 atom stereocenters. The van der Waals surface area contributed by atoms with Crippen LogP contribution in [0.4, 0.5) is 0 Å². The number of carbonyl (C=O) groups excluding carboxylic acids is 2. The molecule has 20 heavy (non-hydrogen) atoms. The van der Waals surface area contributed by atoms with E-state index in [4.69, 9.17) is 4.74 Å². The van der Waals surface area contributed by atoms with Crippen LogP contribution in [0.25, 0.3) is 0 Å². The van der Waals surface area contributed by atoms with E-state index >= 15 is 0 Å². The number of esters is 1. The number of hydrogen-bond donors (Lipinski definition) is 0. The number of thiophene rings is 1. The number of aryl methyl sites for hydroxylation is 1. The maximum absolute atomic E-state index is 12.0. The average molecular weight is 291 g/mol. The van der Waals surface area contributed by atoms with Crippen molar-refractivity contribution in [2.75, 3.05) is 6.61 Å². The summed E-state index contributed by atoms with van der Waals surface area (Å²) in [5.41, 5.74) is 3.43. The zero-order valence-electron chi connectivity index (χ0n) is 11.8. The van der Waals surface area contributed by atoms with Crippen molar-refractivity contribution in [1.29, 1.82) is 0 Å². The van der Waals surface area contributed by atoms with Crippen molar-refractivity contribution in [2.45, 2.75) is 20.3 Å². The minimum Gasteiger partial charge on any atom is -0.457 e. The summed E-state index contributed by atoms with van der Waals surface area (Å²) in [6.45, 7) is 3.62. The van der Waals surface area contributed by atoms with E-state index < -0.39 is 0 Å². The largest absolute Gasteiger partial charge is 0.457 e. The number of ketones is 1. The summed E-state index contributed by atoms with van der Waals surface area (Å²) < 4.78 is 6.99. The highest BCUT2D eigenvalue weighted by Crippen LogP contribution is 2.14. The van der Waals surface area contributed by atoms with E-state index in [0.717, 1.165) is 17.0 Å². The second-order valence-corrected chi connectivity index (χ2v) is 5.52. The molecule has 2 heterocycles. The summed E-state index contributed by atoms with van der Waals surface area (Å²) in [5, 5.41) is 3.80. The molecule has 0 fully saturated rings. The van der Waals surface area contributed by atoms with Gasteiger partial charge in [0.05, 0.1) is 6.42 Å². The van der Waals surface area contributed by atoms with Gasteiger partial charge in [0.25, 0.3) is 0 Å². The highest BCUT2D eigenvalue weighted by Gasteiger charge is 2.16. The van der Waals surface area contributed by atoms with Gasteiger partial charge < -0.3 is 9.30 Å². The van der Waals surface area contributed by atoms with Crippen LogP contribution >= 0.6 is 11.3 Å². The Kier molecular flexibility index (Phi) is 4.39. The summed E-state index contributed by atoms with van der Waals surface area (Å²) in [6.07, 6.45) is 0.212. The zero-order chi connectivity index (χ0) is 14.7. The molecule has 0 radical (unpaired) electrons. The van der Waals surface area contributed by atoms with Crippen molar-refractivity contribution in [2.24, 2.45) is 7.05 Å². The summed E-state index contributed by atoms with van der Waals surface area (Å²) in [7, 11) is 1.91. The van der Waals surface area contributed by atoms with Crippen LogP contribution in [0.1, 0.15) is 27.3 Å². The van der Waals surface area contributed by atoms with Crippen molar-refractivity contribution in [1.82, 2.24) is 4.57 Å². The van der Waals surface area contributed by atoms with Gasteiger partial charge in [-0.3, -0.25) is 9.59 Å². The van der Waals surface area contributed by atoms with Crippen molar-refractivity contribution < 1.29 is 14.3 Å². The first-order valence-electron chi connectivity index (χ1n) is 6.32. The molecule has 0 unspecified atom stereocenters. The first-order valence-corrected chi connectivity index (χ1v) is 7.26. The van der Waals surface area contributed by atoms with Crippen molar-refractivity contribution in [3.05, 3.63) is 45.4 Å². The van der Waals surface area contributed by atoms with Gasteiger partial charge in [-0.2, -0.15) is 11.3 Å². The number of ether oxygens (including phenoxy) is 1. The predicted molar refractivity (Wildman–Crippen MR) is 78.2 cm³/mol. The molecule has 0 amide bonds. The van der Waals surface area contributed by atoms with Crippen LogP contribution in [0, 0.1) is 13.8 Å². The average Bonchev–Trinajstić information content (AvgIpc) is 3.00. The first kappa shape index (κ1) is 14.5. The number of carbonyl (C=O) groups is 2. The van der Waals surface area contributed by atoms with Crippen LogP contribution in [-0.2, 0) is 23.0 Å². The zero-order valence-corrected chi connectivity index (χ0v) is 12.6. The van der Waals surface area contributed by atoms with E-state index in [2.05, 4.69) is 0 Å². The fourth-order valence-corrected chi connectivity index (χ4v) is 2.64. The lowest BCUT2D eigenvalue weighted by molar-refractivity contribution is -0.141. The molecular weight excluding hydrogens is 274 g/mol. The van der Waals surface area contributed by atoms with Crippen LogP contribution in [0.5, 0.6) is 0 Å². The number of Topliss-reactive ketones (excluding diaryl/α,β-unsaturated/α-hetero) is 1. The lowest BCUT2D eigenvalue weighted by Crippen LogP contribution is -2.16. The molecule has 0 bridgehead atoms. The molecule has 5 heteroatoms. The van der Waals surface area contributed by atoms with Crippen LogP contribution in [-0.4, -0.2) is 22.9 Å². The quantitative estimate of drug-likeness (QED) is 0.628. The van der Waals surface area contributed by atoms with E-state index in [1.54, 1.807) is 0 Å². The summed E-state index contributed by atoms with van der Waals surface area (Å²) >= 11 is 1.53. The Labute approximate surface area is 122 Å². The van der Waals surface area contributed by atoms with Gasteiger partial charge in [-0.15, -0.1) is 0 Å². The molecule has 0 spiro atoms. The number of rotatable bonds is 5. The number of hydrogen-bond acceptors (Lipinski definition) is 4. The predicted octanol–water partition coefficient (Wildman–Crippen LogP) is 2.67. The Balaban J connectivity index is 1.92. The monoisotopic (exact) mass is 291 g/mol. The van der Waals surface area contributed by atoms with E-state index in [-0.39, 0.29) is 24.8 Å². The fraction of sp³-hybridized carbons (Fsp3) is 0.333. The Hall–Kier alpha value is -1.88. The van der Waals surface area contributed by atoms with Crippen LogP contribution in [0.15, 0.2) is 22.9 Å². The maximum Gasteiger partial charge on any atom is 0.310 e. The molecule has 0 aliphatic heterocycles. The third kappa shape index (κ3) is 3.17. The van der Waals surface area contributed by atoms with Gasteiger partial charge in [0.15, 0.2) is 6.61 Å². The lowest BCUT2D eigenvalue weighted by Gasteiger charge is -2.04. The molecule has 106 valence electrons. The molecule has 2 aromatic rings. The number of aromatic nitrogens is 1. The molecule has 0 saturated carbocycles. The minimum absolute atomic E-state index is 0.162. The van der Waals surface area contributed by atoms with E-state index in [1.165, 1.54) is 11.3 Å². The van der Waals surface area contributed by atoms with Gasteiger partial charge in [0, 0.05) is 24.0 Å². The van der Waals surface area contributed by atoms with E-state index in [9.17, 15) is 9.59 Å². The summed E-state index contributed by atoms with van der Waals surface area (Å²) in [4.78, 5) is 23.7. The van der Waals surface area contributed by atoms with Crippen LogP contribution in [0.3, 0.4) is 0 Å². The maximum atomic E-state index is 12.0. The molecule has 0 aliphatic carbocycles. The Morgan fingerprint density at radius 3 is 2.65 bits per heavy atom. The standard InChI is InChI=1S/C15H17NO3S/c1-10-6-13(11(2)16(10)3)14(17)8-19-15(18)7-12-4-5-20-9-12/h4-6,9H,7-8H2,1-3H3. The van der Waals surface area contributed by atoms with Gasteiger partial charge in [-0.05, 0) is 42.3 Å². The SMILES string of the molecule is Cc1cc(C(=O)COC(=O)Cc2ccsc2)c(C)n1C. The molecule has 0 aliphatic rings. The Bertz CT molecular complexity index is 626. The highest BCUT2D eigenvalue weighted by atomic mass is 32.1. The third-order valence-electron chi connectivity index (χ3n) is 3.37. The van der Waals surface area contributed by atoms with Gasteiger partial charge in [-0.25, -0.2) is 0 Å². The van der Waals surface area contributed by atoms with Crippen molar-refractivity contribution >= 4 is 23.1 Å². The smallest absolute Gasteiger partial charge is 0.310 e.